The Kier molecular flexibility index (Phi) is 5.22. The minimum Gasteiger partial charge on any atom is -0.376 e. The lowest BCUT2D eigenvalue weighted by Gasteiger charge is -2.35. The van der Waals surface area contributed by atoms with E-state index in [0.29, 0.717) is 12.7 Å². The molecule has 1 fully saturated rings. The van der Waals surface area contributed by atoms with E-state index in [0.717, 1.165) is 42.9 Å². The van der Waals surface area contributed by atoms with Crippen LogP contribution < -0.4 is 11.3 Å². The Morgan fingerprint density at radius 1 is 1.22 bits per heavy atom. The van der Waals surface area contributed by atoms with Crippen molar-refractivity contribution in [2.24, 2.45) is 11.7 Å². The van der Waals surface area contributed by atoms with Crippen molar-refractivity contribution in [1.29, 1.82) is 0 Å². The number of aromatic nitrogens is 1. The molecule has 0 amide bonds. The van der Waals surface area contributed by atoms with Gasteiger partial charge in [0.1, 0.15) is 0 Å². The van der Waals surface area contributed by atoms with Crippen LogP contribution in [0, 0.1) is 12.8 Å². The van der Waals surface area contributed by atoms with Crippen molar-refractivity contribution in [1.82, 2.24) is 4.57 Å². The van der Waals surface area contributed by atoms with Gasteiger partial charge < -0.3 is 15.0 Å². The van der Waals surface area contributed by atoms with Crippen LogP contribution in [0.5, 0.6) is 0 Å². The molecule has 4 nitrogen and oxygen atoms in total. The molecule has 1 aliphatic heterocycles. The van der Waals surface area contributed by atoms with E-state index in [-0.39, 0.29) is 17.6 Å². The average Bonchev–Trinajstić information content (AvgIpc) is 2.58. The van der Waals surface area contributed by atoms with Gasteiger partial charge in [0.2, 0.25) is 0 Å². The van der Waals surface area contributed by atoms with Crippen LogP contribution in [0.3, 0.4) is 0 Å². The summed E-state index contributed by atoms with van der Waals surface area (Å²) in [5.74, 6) is 0.873. The molecule has 128 valence electrons. The summed E-state index contributed by atoms with van der Waals surface area (Å²) in [6.45, 7) is 4.72. The molecule has 4 heteroatoms. The highest BCUT2D eigenvalue weighted by atomic mass is 16.5. The fraction of sp³-hybridized carbons (Fsp3) is 0.737. The summed E-state index contributed by atoms with van der Waals surface area (Å²) in [4.78, 5) is 12.6. The zero-order valence-corrected chi connectivity index (χ0v) is 14.5. The lowest BCUT2D eigenvalue weighted by Crippen LogP contribution is -2.46. The van der Waals surface area contributed by atoms with Crippen LogP contribution in [0.15, 0.2) is 16.9 Å². The fourth-order valence-electron chi connectivity index (χ4n) is 4.10. The topological polar surface area (TPSA) is 57.2 Å². The molecule has 0 saturated heterocycles. The normalized spacial score (nSPS) is 30.9. The van der Waals surface area contributed by atoms with Gasteiger partial charge in [0.25, 0.3) is 5.56 Å². The van der Waals surface area contributed by atoms with Crippen molar-refractivity contribution in [2.75, 3.05) is 6.61 Å². The number of pyridine rings is 1. The second-order valence-electron chi connectivity index (χ2n) is 7.34. The van der Waals surface area contributed by atoms with Gasteiger partial charge in [-0.3, -0.25) is 4.79 Å². The standard InChI is InChI=1S/C19H30N2O2/c1-3-14-5-9-16(10-6-14)23-12-18-17(20)11-8-15-7-4-13(2)19(22)21(15)18/h4,7,14,16-18H,3,5-6,8-12,20H2,1-2H3/t14?,16?,17-,18-/m0/s1. The molecule has 0 spiro atoms. The lowest BCUT2D eigenvalue weighted by molar-refractivity contribution is -0.00591. The summed E-state index contributed by atoms with van der Waals surface area (Å²) in [6.07, 6.45) is 8.28. The summed E-state index contributed by atoms with van der Waals surface area (Å²) in [6, 6.07) is 3.99. The first-order valence-electron chi connectivity index (χ1n) is 9.18. The highest BCUT2D eigenvalue weighted by Gasteiger charge is 2.29. The van der Waals surface area contributed by atoms with E-state index >= 15 is 0 Å². The first-order valence-corrected chi connectivity index (χ1v) is 9.18. The largest absolute Gasteiger partial charge is 0.376 e. The molecule has 2 aliphatic rings. The monoisotopic (exact) mass is 318 g/mol. The second kappa shape index (κ2) is 7.18. The van der Waals surface area contributed by atoms with Crippen LogP contribution in [-0.4, -0.2) is 23.3 Å². The molecule has 2 atom stereocenters. The van der Waals surface area contributed by atoms with Gasteiger partial charge in [0.05, 0.1) is 18.8 Å². The van der Waals surface area contributed by atoms with Crippen molar-refractivity contribution in [3.8, 4) is 0 Å². The number of rotatable bonds is 4. The number of nitrogens with two attached hydrogens (primary N) is 1. The third kappa shape index (κ3) is 3.53. The lowest BCUT2D eigenvalue weighted by atomic mass is 9.86. The smallest absolute Gasteiger partial charge is 0.254 e. The Morgan fingerprint density at radius 2 is 1.96 bits per heavy atom. The van der Waals surface area contributed by atoms with Gasteiger partial charge in [-0.2, -0.15) is 0 Å². The molecule has 0 bridgehead atoms. The minimum atomic E-state index is -0.0185. The number of aryl methyl sites for hydroxylation is 2. The zero-order chi connectivity index (χ0) is 16.4. The van der Waals surface area contributed by atoms with E-state index in [9.17, 15) is 4.79 Å². The van der Waals surface area contributed by atoms with E-state index < -0.39 is 0 Å². The average molecular weight is 318 g/mol. The zero-order valence-electron chi connectivity index (χ0n) is 14.5. The van der Waals surface area contributed by atoms with Crippen molar-refractivity contribution in [3.63, 3.8) is 0 Å². The maximum atomic E-state index is 12.6. The summed E-state index contributed by atoms with van der Waals surface area (Å²) in [5.41, 5.74) is 8.32. The predicted octanol–water partition coefficient (Wildman–Crippen LogP) is 2.96. The van der Waals surface area contributed by atoms with Crippen molar-refractivity contribution >= 4 is 0 Å². The number of fused-ring (bicyclic) bond motifs is 1. The van der Waals surface area contributed by atoms with Crippen LogP contribution in [-0.2, 0) is 11.2 Å². The Bertz CT molecular complexity index is 588. The Balaban J connectivity index is 1.69. The molecule has 2 heterocycles. The predicted molar refractivity (Wildman–Crippen MR) is 92.8 cm³/mol. The molecule has 1 aromatic heterocycles. The molecule has 1 saturated carbocycles. The first kappa shape index (κ1) is 16.7. The number of hydrogen-bond acceptors (Lipinski definition) is 3. The molecule has 0 aromatic carbocycles. The summed E-state index contributed by atoms with van der Waals surface area (Å²) < 4.78 is 8.10. The number of hydrogen-bond donors (Lipinski definition) is 1. The van der Waals surface area contributed by atoms with Crippen molar-refractivity contribution in [2.45, 2.75) is 77.0 Å². The molecule has 23 heavy (non-hydrogen) atoms. The second-order valence-corrected chi connectivity index (χ2v) is 7.34. The van der Waals surface area contributed by atoms with E-state index in [4.69, 9.17) is 10.5 Å². The van der Waals surface area contributed by atoms with Gasteiger partial charge in [-0.1, -0.05) is 19.4 Å². The van der Waals surface area contributed by atoms with Crippen molar-refractivity contribution in [3.05, 3.63) is 33.7 Å². The third-order valence-electron chi connectivity index (χ3n) is 5.82. The van der Waals surface area contributed by atoms with Crippen LogP contribution in [0.1, 0.15) is 62.7 Å². The van der Waals surface area contributed by atoms with Crippen LogP contribution in [0.4, 0.5) is 0 Å². The Hall–Kier alpha value is -1.13. The summed E-state index contributed by atoms with van der Waals surface area (Å²) in [7, 11) is 0. The van der Waals surface area contributed by atoms with Crippen LogP contribution in [0.25, 0.3) is 0 Å². The van der Waals surface area contributed by atoms with Gasteiger partial charge in [-0.25, -0.2) is 0 Å². The van der Waals surface area contributed by atoms with E-state index in [1.165, 1.54) is 19.3 Å². The SMILES string of the molecule is CCC1CCC(OC[C@H]2[C@@H](N)CCc3ccc(C)c(=O)n32)CC1. The molecule has 1 aliphatic carbocycles. The number of ether oxygens (including phenoxy) is 1. The van der Waals surface area contributed by atoms with E-state index in [1.54, 1.807) is 0 Å². The van der Waals surface area contributed by atoms with Crippen molar-refractivity contribution < 1.29 is 4.74 Å². The van der Waals surface area contributed by atoms with Crippen LogP contribution >= 0.6 is 0 Å². The molecule has 2 N–H and O–H groups in total. The highest BCUT2D eigenvalue weighted by molar-refractivity contribution is 5.18. The molecule has 3 rings (SSSR count). The maximum absolute atomic E-state index is 12.6. The molecular weight excluding hydrogens is 288 g/mol. The first-order chi connectivity index (χ1) is 11.1. The quantitative estimate of drug-likeness (QED) is 0.928. The third-order valence-corrected chi connectivity index (χ3v) is 5.82. The van der Waals surface area contributed by atoms with Crippen LogP contribution in [0.2, 0.25) is 0 Å². The Labute approximate surface area is 139 Å². The number of nitrogens with zero attached hydrogens (tertiary/aromatic N) is 1. The molecule has 1 aromatic rings. The fourth-order valence-corrected chi connectivity index (χ4v) is 4.10. The van der Waals surface area contributed by atoms with Gasteiger partial charge in [0.15, 0.2) is 0 Å². The maximum Gasteiger partial charge on any atom is 0.254 e. The highest BCUT2D eigenvalue weighted by Crippen LogP contribution is 2.30. The van der Waals surface area contributed by atoms with Gasteiger partial charge in [0, 0.05) is 17.3 Å². The van der Waals surface area contributed by atoms with E-state index in [2.05, 4.69) is 13.0 Å². The summed E-state index contributed by atoms with van der Waals surface area (Å²) >= 11 is 0. The molecule has 0 radical (unpaired) electrons. The van der Waals surface area contributed by atoms with Gasteiger partial charge in [-0.15, -0.1) is 0 Å². The molecular formula is C19H30N2O2. The van der Waals surface area contributed by atoms with Gasteiger partial charge in [-0.05, 0) is 57.4 Å². The van der Waals surface area contributed by atoms with E-state index in [1.807, 2.05) is 17.6 Å². The molecule has 0 unspecified atom stereocenters. The Morgan fingerprint density at radius 3 is 2.65 bits per heavy atom. The summed E-state index contributed by atoms with van der Waals surface area (Å²) in [5, 5.41) is 0. The van der Waals surface area contributed by atoms with Gasteiger partial charge >= 0.3 is 0 Å². The minimum absolute atomic E-state index is 0.00832.